The molecule has 0 aromatic heterocycles. The van der Waals surface area contributed by atoms with Crippen molar-refractivity contribution in [3.05, 3.63) is 29.8 Å². The van der Waals surface area contributed by atoms with E-state index in [0.29, 0.717) is 18.1 Å². The number of nitrogens with zero attached hydrogens (tertiary/aromatic N) is 1. The number of carbonyl (C=O) groups is 3. The Bertz CT molecular complexity index is 686. The van der Waals surface area contributed by atoms with E-state index in [2.05, 4.69) is 19.2 Å². The molecule has 7 heteroatoms. The molecule has 0 radical (unpaired) electrons. The highest BCUT2D eigenvalue weighted by atomic mass is 16.6. The molecule has 0 aliphatic carbocycles. The minimum Gasteiger partial charge on any atom is -0.490 e. The summed E-state index contributed by atoms with van der Waals surface area (Å²) in [4.78, 5) is 37.5. The van der Waals surface area contributed by atoms with Gasteiger partial charge in [0.1, 0.15) is 31.0 Å². The molecular formula is C20H28N2O5. The van der Waals surface area contributed by atoms with Crippen LogP contribution in [0.3, 0.4) is 0 Å². The molecule has 148 valence electrons. The molecule has 1 saturated heterocycles. The molecule has 3 amide bonds. The lowest BCUT2D eigenvalue weighted by molar-refractivity contribution is -0.148. The zero-order valence-electron chi connectivity index (χ0n) is 16.4. The molecule has 1 N–H and O–H groups in total. The zero-order valence-corrected chi connectivity index (χ0v) is 16.4. The molecule has 0 spiro atoms. The Balaban J connectivity index is 1.76. The zero-order chi connectivity index (χ0) is 20.0. The lowest BCUT2D eigenvalue weighted by Gasteiger charge is -2.22. The van der Waals surface area contributed by atoms with Gasteiger partial charge in [-0.1, -0.05) is 31.5 Å². The summed E-state index contributed by atoms with van der Waals surface area (Å²) in [5.74, 6) is 0.0749. The van der Waals surface area contributed by atoms with Crippen LogP contribution in [0, 0.1) is 12.8 Å². The standard InChI is InChI=1S/C20H28N2O5/c1-14(2)9-10-20(4)18(24)22(19(25)21-20)13-17(23)27-12-11-26-16-7-5-15(3)6-8-16/h5-8,14H,9-13H2,1-4H3,(H,21,25)/t20-/m1/s1. The fourth-order valence-corrected chi connectivity index (χ4v) is 2.76. The maximum absolute atomic E-state index is 12.5. The normalized spacial score (nSPS) is 19.4. The SMILES string of the molecule is Cc1ccc(OCCOC(=O)CN2C(=O)N[C@](C)(CCC(C)C)C2=O)cc1. The van der Waals surface area contributed by atoms with Gasteiger partial charge in [-0.3, -0.25) is 14.5 Å². The Morgan fingerprint density at radius 2 is 1.85 bits per heavy atom. The van der Waals surface area contributed by atoms with Gasteiger partial charge in [-0.15, -0.1) is 0 Å². The second-order valence-electron chi connectivity index (χ2n) is 7.47. The van der Waals surface area contributed by atoms with E-state index in [1.807, 2.05) is 31.2 Å². The van der Waals surface area contributed by atoms with Gasteiger partial charge in [0, 0.05) is 0 Å². The van der Waals surface area contributed by atoms with Crippen molar-refractivity contribution in [3.8, 4) is 5.75 Å². The van der Waals surface area contributed by atoms with Crippen molar-refractivity contribution in [2.75, 3.05) is 19.8 Å². The van der Waals surface area contributed by atoms with E-state index in [1.54, 1.807) is 6.92 Å². The Labute approximate surface area is 160 Å². The molecule has 2 rings (SSSR count). The number of hydrogen-bond acceptors (Lipinski definition) is 5. The Morgan fingerprint density at radius 3 is 2.48 bits per heavy atom. The first-order valence-corrected chi connectivity index (χ1v) is 9.20. The van der Waals surface area contributed by atoms with Gasteiger partial charge in [0.05, 0.1) is 0 Å². The third kappa shape index (κ3) is 5.70. The Hall–Kier alpha value is -2.57. The van der Waals surface area contributed by atoms with E-state index < -0.39 is 24.1 Å². The summed E-state index contributed by atoms with van der Waals surface area (Å²) >= 11 is 0. The van der Waals surface area contributed by atoms with E-state index in [9.17, 15) is 14.4 Å². The van der Waals surface area contributed by atoms with Crippen molar-refractivity contribution in [1.82, 2.24) is 10.2 Å². The molecule has 1 aromatic carbocycles. The molecule has 1 atom stereocenters. The number of urea groups is 1. The fourth-order valence-electron chi connectivity index (χ4n) is 2.76. The van der Waals surface area contributed by atoms with Crippen LogP contribution in [0.2, 0.25) is 0 Å². The first-order chi connectivity index (χ1) is 12.7. The molecule has 7 nitrogen and oxygen atoms in total. The Kier molecular flexibility index (Phi) is 6.82. The molecule has 1 aromatic rings. The first-order valence-electron chi connectivity index (χ1n) is 9.20. The summed E-state index contributed by atoms with van der Waals surface area (Å²) in [6.07, 6.45) is 1.34. The summed E-state index contributed by atoms with van der Waals surface area (Å²) in [5.41, 5.74) is 0.165. The van der Waals surface area contributed by atoms with E-state index in [1.165, 1.54) is 0 Å². The fraction of sp³-hybridized carbons (Fsp3) is 0.550. The second-order valence-corrected chi connectivity index (χ2v) is 7.47. The number of imide groups is 1. The molecule has 1 fully saturated rings. The van der Waals surface area contributed by atoms with E-state index in [0.717, 1.165) is 16.9 Å². The minimum atomic E-state index is -0.962. The lowest BCUT2D eigenvalue weighted by Crippen LogP contribution is -2.44. The average molecular weight is 376 g/mol. The van der Waals surface area contributed by atoms with Gasteiger partial charge in [-0.2, -0.15) is 0 Å². The van der Waals surface area contributed by atoms with Crippen LogP contribution in [0.4, 0.5) is 4.79 Å². The van der Waals surface area contributed by atoms with Gasteiger partial charge in [-0.25, -0.2) is 4.79 Å². The highest BCUT2D eigenvalue weighted by molar-refractivity contribution is 6.08. The van der Waals surface area contributed by atoms with Crippen LogP contribution >= 0.6 is 0 Å². The maximum atomic E-state index is 12.5. The topological polar surface area (TPSA) is 84.9 Å². The van der Waals surface area contributed by atoms with Gasteiger partial charge in [0.15, 0.2) is 0 Å². The highest BCUT2D eigenvalue weighted by Crippen LogP contribution is 2.24. The quantitative estimate of drug-likeness (QED) is 0.407. The number of carbonyl (C=O) groups excluding carboxylic acids is 3. The van der Waals surface area contributed by atoms with Crippen LogP contribution < -0.4 is 10.1 Å². The average Bonchev–Trinajstić information content (AvgIpc) is 2.82. The number of amides is 3. The molecule has 1 aliphatic heterocycles. The minimum absolute atomic E-state index is 0.0426. The molecule has 0 saturated carbocycles. The van der Waals surface area contributed by atoms with E-state index in [-0.39, 0.29) is 19.1 Å². The monoisotopic (exact) mass is 376 g/mol. The van der Waals surface area contributed by atoms with Crippen molar-refractivity contribution >= 4 is 17.9 Å². The van der Waals surface area contributed by atoms with Crippen molar-refractivity contribution in [2.24, 2.45) is 5.92 Å². The lowest BCUT2D eigenvalue weighted by atomic mass is 9.92. The number of aryl methyl sites for hydroxylation is 1. The Morgan fingerprint density at radius 1 is 1.19 bits per heavy atom. The van der Waals surface area contributed by atoms with Crippen molar-refractivity contribution < 1.29 is 23.9 Å². The van der Waals surface area contributed by atoms with Crippen LogP contribution in [0.25, 0.3) is 0 Å². The maximum Gasteiger partial charge on any atom is 0.326 e. The smallest absolute Gasteiger partial charge is 0.326 e. The predicted octanol–water partition coefficient (Wildman–Crippen LogP) is 2.66. The number of ether oxygens (including phenoxy) is 2. The molecule has 27 heavy (non-hydrogen) atoms. The van der Waals surface area contributed by atoms with Gasteiger partial charge >= 0.3 is 12.0 Å². The summed E-state index contributed by atoms with van der Waals surface area (Å²) in [5, 5.41) is 2.69. The number of benzene rings is 1. The van der Waals surface area contributed by atoms with Crippen molar-refractivity contribution in [2.45, 2.75) is 46.1 Å². The molecule has 0 unspecified atom stereocenters. The first kappa shape index (κ1) is 20.7. The summed E-state index contributed by atoms with van der Waals surface area (Å²) in [6, 6.07) is 6.97. The molecule has 1 aliphatic rings. The second kappa shape index (κ2) is 8.88. The third-order valence-electron chi connectivity index (χ3n) is 4.49. The van der Waals surface area contributed by atoms with Crippen molar-refractivity contribution in [3.63, 3.8) is 0 Å². The van der Waals surface area contributed by atoms with Crippen LogP contribution in [-0.4, -0.2) is 48.1 Å². The van der Waals surface area contributed by atoms with Crippen LogP contribution in [0.15, 0.2) is 24.3 Å². The number of hydrogen-bond donors (Lipinski definition) is 1. The number of nitrogens with one attached hydrogen (secondary N) is 1. The van der Waals surface area contributed by atoms with E-state index >= 15 is 0 Å². The van der Waals surface area contributed by atoms with Crippen molar-refractivity contribution in [1.29, 1.82) is 0 Å². The number of esters is 1. The van der Waals surface area contributed by atoms with Gasteiger partial charge in [-0.05, 0) is 44.7 Å². The van der Waals surface area contributed by atoms with Gasteiger partial charge in [0.25, 0.3) is 5.91 Å². The summed E-state index contributed by atoms with van der Waals surface area (Å²) in [6.45, 7) is 7.62. The van der Waals surface area contributed by atoms with Crippen LogP contribution in [-0.2, 0) is 14.3 Å². The number of rotatable bonds is 9. The van der Waals surface area contributed by atoms with Crippen LogP contribution in [0.5, 0.6) is 5.75 Å². The highest BCUT2D eigenvalue weighted by Gasteiger charge is 2.48. The third-order valence-corrected chi connectivity index (χ3v) is 4.49. The predicted molar refractivity (Wildman–Crippen MR) is 100 cm³/mol. The molecule has 0 bridgehead atoms. The summed E-state index contributed by atoms with van der Waals surface area (Å²) in [7, 11) is 0. The van der Waals surface area contributed by atoms with Gasteiger partial charge < -0.3 is 14.8 Å². The largest absolute Gasteiger partial charge is 0.490 e. The van der Waals surface area contributed by atoms with Gasteiger partial charge in [0.2, 0.25) is 0 Å². The molecule has 1 heterocycles. The summed E-state index contributed by atoms with van der Waals surface area (Å²) < 4.78 is 10.5. The molecular weight excluding hydrogens is 348 g/mol. The van der Waals surface area contributed by atoms with E-state index in [4.69, 9.17) is 9.47 Å². The van der Waals surface area contributed by atoms with Crippen LogP contribution in [0.1, 0.15) is 39.2 Å².